The van der Waals surface area contributed by atoms with Crippen molar-refractivity contribution in [1.82, 2.24) is 40.4 Å². The zero-order chi connectivity index (χ0) is 34.8. The van der Waals surface area contributed by atoms with Gasteiger partial charge < -0.3 is 29.8 Å². The predicted octanol–water partition coefficient (Wildman–Crippen LogP) is 4.13. The molecule has 0 unspecified atom stereocenters. The molecule has 1 aliphatic heterocycles. The van der Waals surface area contributed by atoms with Crippen molar-refractivity contribution in [3.63, 3.8) is 0 Å². The minimum Gasteiger partial charge on any atom is -0.443 e. The molecule has 5 aromatic rings. The van der Waals surface area contributed by atoms with Crippen molar-refractivity contribution >= 4 is 46.0 Å². The van der Waals surface area contributed by atoms with Crippen LogP contribution >= 0.6 is 11.3 Å². The lowest BCUT2D eigenvalue weighted by Crippen LogP contribution is -2.50. The lowest BCUT2D eigenvalue weighted by Gasteiger charge is -2.29. The summed E-state index contributed by atoms with van der Waals surface area (Å²) in [5.74, 6) is -1.57. The Morgan fingerprint density at radius 2 is 1.78 bits per heavy atom. The van der Waals surface area contributed by atoms with Crippen molar-refractivity contribution in [3.8, 4) is 0 Å². The first-order valence-corrected chi connectivity index (χ1v) is 16.9. The lowest BCUT2D eigenvalue weighted by molar-refractivity contribution is -0.123. The number of amides is 4. The van der Waals surface area contributed by atoms with Crippen LogP contribution in [0.15, 0.2) is 64.5 Å². The average Bonchev–Trinajstić information content (AvgIpc) is 3.81. The fourth-order valence-corrected chi connectivity index (χ4v) is 6.61. The van der Waals surface area contributed by atoms with Crippen molar-refractivity contribution in [2.75, 3.05) is 13.1 Å². The highest BCUT2D eigenvalue weighted by molar-refractivity contribution is 7.09. The second-order valence-corrected chi connectivity index (χ2v) is 13.5. The third kappa shape index (κ3) is 7.38. The van der Waals surface area contributed by atoms with Crippen LogP contribution < -0.4 is 16.0 Å². The zero-order valence-corrected chi connectivity index (χ0v) is 28.7. The number of aromatic nitrogens is 4. The quantitative estimate of drug-likeness (QED) is 0.255. The highest BCUT2D eigenvalue weighted by atomic mass is 32.1. The van der Waals surface area contributed by atoms with E-state index in [4.69, 9.17) is 4.42 Å². The average molecular weight is 683 g/mol. The number of hydrogen-bond acceptors (Lipinski definition) is 9. The highest BCUT2D eigenvalue weighted by Gasteiger charge is 2.31. The van der Waals surface area contributed by atoms with E-state index in [0.717, 1.165) is 10.9 Å². The summed E-state index contributed by atoms with van der Waals surface area (Å²) in [5, 5.41) is 11.9. The molecule has 0 saturated heterocycles. The van der Waals surface area contributed by atoms with Crippen molar-refractivity contribution in [2.24, 2.45) is 13.0 Å². The van der Waals surface area contributed by atoms with Crippen LogP contribution in [0.5, 0.6) is 0 Å². The molecule has 14 heteroatoms. The van der Waals surface area contributed by atoms with E-state index in [-0.39, 0.29) is 42.0 Å². The van der Waals surface area contributed by atoms with Gasteiger partial charge in [0.05, 0.1) is 18.6 Å². The van der Waals surface area contributed by atoms with E-state index in [0.29, 0.717) is 22.8 Å². The van der Waals surface area contributed by atoms with Crippen LogP contribution in [0.4, 0.5) is 0 Å². The molecule has 4 aromatic heterocycles. The molecule has 4 bridgehead atoms. The Morgan fingerprint density at radius 1 is 1.00 bits per heavy atom. The van der Waals surface area contributed by atoms with Crippen LogP contribution in [-0.2, 0) is 18.3 Å². The molecule has 0 aliphatic carbocycles. The second kappa shape index (κ2) is 14.0. The summed E-state index contributed by atoms with van der Waals surface area (Å²) in [4.78, 5) is 70.0. The minimum absolute atomic E-state index is 0.00218. The third-order valence-electron chi connectivity index (χ3n) is 8.41. The summed E-state index contributed by atoms with van der Waals surface area (Å²) in [7, 11) is 1.84. The van der Waals surface area contributed by atoms with Crippen molar-refractivity contribution in [3.05, 3.63) is 99.4 Å². The molecule has 13 nitrogen and oxygen atoms in total. The SMILES string of the molecule is Cc1oc2nc1C(=O)N[C@H](C)c1nc(cs1)C(=O)N[C@H](Cc1ccccc1)CN(C(=O)c1ccc3ccn(C)c3n1)CC(=O)N[C@H]2C(C)C. The lowest BCUT2D eigenvalue weighted by atomic mass is 10.0. The Bertz CT molecular complexity index is 2020. The third-order valence-corrected chi connectivity index (χ3v) is 9.44. The molecule has 3 atom stereocenters. The number of carbonyl (C=O) groups is 4. The molecule has 1 aromatic carbocycles. The van der Waals surface area contributed by atoms with Gasteiger partial charge in [-0.05, 0) is 49.9 Å². The van der Waals surface area contributed by atoms with Crippen LogP contribution in [0.25, 0.3) is 11.0 Å². The number of benzene rings is 1. The molecule has 49 heavy (non-hydrogen) atoms. The number of thiazole rings is 1. The fraction of sp³-hybridized carbons (Fsp3) is 0.343. The number of nitrogens with zero attached hydrogens (tertiary/aromatic N) is 5. The molecule has 3 N–H and O–H groups in total. The van der Waals surface area contributed by atoms with Gasteiger partial charge in [-0.1, -0.05) is 44.2 Å². The normalized spacial score (nSPS) is 19.3. The fourth-order valence-electron chi connectivity index (χ4n) is 5.80. The maximum atomic E-state index is 14.2. The zero-order valence-electron chi connectivity index (χ0n) is 27.9. The predicted molar refractivity (Wildman–Crippen MR) is 183 cm³/mol. The summed E-state index contributed by atoms with van der Waals surface area (Å²) in [6.07, 6.45) is 2.23. The smallest absolute Gasteiger partial charge is 0.274 e. The second-order valence-electron chi connectivity index (χ2n) is 12.6. The Kier molecular flexibility index (Phi) is 9.58. The largest absolute Gasteiger partial charge is 0.443 e. The molecular formula is C35H38N8O5S. The number of aryl methyl sites for hydroxylation is 2. The number of rotatable bonds is 4. The van der Waals surface area contributed by atoms with Crippen LogP contribution in [0.3, 0.4) is 0 Å². The summed E-state index contributed by atoms with van der Waals surface area (Å²) < 4.78 is 7.74. The van der Waals surface area contributed by atoms with Gasteiger partial charge in [0.1, 0.15) is 33.8 Å². The van der Waals surface area contributed by atoms with E-state index < -0.39 is 41.8 Å². The first-order chi connectivity index (χ1) is 23.5. The van der Waals surface area contributed by atoms with Crippen molar-refractivity contribution in [2.45, 2.75) is 52.2 Å². The standard InChI is InChI=1S/C35H38N8O5S/c1-19(2)28-33-41-29(21(4)48-33)32(46)36-20(3)34-39-26(18-49-34)31(45)37-24(15-22-9-7-6-8-10-22)16-43(17-27(44)40-28)35(47)25-12-11-23-13-14-42(5)30(23)38-25/h6-14,18-20,24,28H,15-17H2,1-5H3,(H,36,46)(H,37,45)(H,40,44)/t20-,24-,28+/m1/s1. The molecule has 0 spiro atoms. The van der Waals surface area contributed by atoms with Gasteiger partial charge in [-0.15, -0.1) is 11.3 Å². The summed E-state index contributed by atoms with van der Waals surface area (Å²) in [6, 6.07) is 13.1. The Balaban J connectivity index is 1.41. The van der Waals surface area contributed by atoms with Gasteiger partial charge in [0, 0.05) is 30.6 Å². The van der Waals surface area contributed by atoms with E-state index in [1.165, 1.54) is 16.2 Å². The van der Waals surface area contributed by atoms with Gasteiger partial charge in [-0.2, -0.15) is 0 Å². The van der Waals surface area contributed by atoms with Crippen LogP contribution in [0, 0.1) is 12.8 Å². The molecule has 4 amide bonds. The van der Waals surface area contributed by atoms with Gasteiger partial charge in [0.15, 0.2) is 5.69 Å². The number of oxazole rings is 1. The number of nitrogens with one attached hydrogen (secondary N) is 3. The highest BCUT2D eigenvalue weighted by Crippen LogP contribution is 2.25. The summed E-state index contributed by atoms with van der Waals surface area (Å²) in [5.41, 5.74) is 1.97. The summed E-state index contributed by atoms with van der Waals surface area (Å²) >= 11 is 1.25. The van der Waals surface area contributed by atoms with Crippen LogP contribution in [-0.4, -0.2) is 67.2 Å². The first kappa shape index (κ1) is 33.5. The Morgan fingerprint density at radius 3 is 2.53 bits per heavy atom. The number of pyridine rings is 1. The molecule has 5 heterocycles. The van der Waals surface area contributed by atoms with Gasteiger partial charge in [-0.25, -0.2) is 15.0 Å². The van der Waals surface area contributed by atoms with Gasteiger partial charge in [0.25, 0.3) is 17.7 Å². The van der Waals surface area contributed by atoms with Crippen LogP contribution in [0.1, 0.15) is 86.5 Å². The van der Waals surface area contributed by atoms with E-state index in [1.807, 2.05) is 74.1 Å². The first-order valence-electron chi connectivity index (χ1n) is 16.1. The monoisotopic (exact) mass is 682 g/mol. The molecule has 0 radical (unpaired) electrons. The molecule has 0 saturated carbocycles. The molecule has 254 valence electrons. The molecule has 1 aliphatic rings. The van der Waals surface area contributed by atoms with Gasteiger partial charge in [0.2, 0.25) is 11.8 Å². The van der Waals surface area contributed by atoms with E-state index >= 15 is 0 Å². The maximum Gasteiger partial charge on any atom is 0.274 e. The molecular weight excluding hydrogens is 645 g/mol. The van der Waals surface area contributed by atoms with Crippen LogP contribution in [0.2, 0.25) is 0 Å². The van der Waals surface area contributed by atoms with Crippen molar-refractivity contribution < 1.29 is 23.6 Å². The van der Waals surface area contributed by atoms with E-state index in [2.05, 4.69) is 30.9 Å². The number of carbonyl (C=O) groups excluding carboxylic acids is 4. The Labute approximate surface area is 287 Å². The number of hydrogen-bond donors (Lipinski definition) is 3. The Hall–Kier alpha value is -5.37. The number of fused-ring (bicyclic) bond motifs is 5. The summed E-state index contributed by atoms with van der Waals surface area (Å²) in [6.45, 7) is 6.84. The van der Waals surface area contributed by atoms with Gasteiger partial charge in [-0.3, -0.25) is 19.2 Å². The van der Waals surface area contributed by atoms with E-state index in [1.54, 1.807) is 25.3 Å². The molecule has 6 rings (SSSR count). The topological polar surface area (TPSA) is 164 Å². The minimum atomic E-state index is -0.694. The molecule has 0 fully saturated rings. The van der Waals surface area contributed by atoms with E-state index in [9.17, 15) is 19.2 Å². The van der Waals surface area contributed by atoms with Crippen molar-refractivity contribution in [1.29, 1.82) is 0 Å². The van der Waals surface area contributed by atoms with Gasteiger partial charge >= 0.3 is 0 Å². The maximum absolute atomic E-state index is 14.2.